The van der Waals surface area contributed by atoms with Crippen molar-refractivity contribution >= 4 is 57.7 Å². The van der Waals surface area contributed by atoms with Crippen LogP contribution in [0.25, 0.3) is 21.7 Å². The highest BCUT2D eigenvalue weighted by Crippen LogP contribution is 2.26. The summed E-state index contributed by atoms with van der Waals surface area (Å²) in [4.78, 5) is 16.2. The second kappa shape index (κ2) is 6.79. The van der Waals surface area contributed by atoms with E-state index in [-0.39, 0.29) is 16.1 Å². The number of aromatic nitrogens is 3. The Hall–Kier alpha value is -2.13. The molecule has 0 unspecified atom stereocenters. The molecule has 1 N–H and O–H groups in total. The number of hydrogen-bond acceptors (Lipinski definition) is 4. The first kappa shape index (κ1) is 18.2. The Morgan fingerprint density at radius 2 is 1.74 bits per heavy atom. The third-order valence-corrected chi connectivity index (χ3v) is 6.19. The molecule has 4 rings (SSSR count). The molecule has 0 aliphatic carbocycles. The first-order chi connectivity index (χ1) is 12.9. The quantitative estimate of drug-likeness (QED) is 0.409. The summed E-state index contributed by atoms with van der Waals surface area (Å²) in [5.41, 5.74) is 2.39. The number of aryl methyl sites for hydroxylation is 1. The molecule has 0 amide bonds. The van der Waals surface area contributed by atoms with Crippen molar-refractivity contribution in [1.82, 2.24) is 14.1 Å². The monoisotopic (exact) mass is 435 g/mol. The Morgan fingerprint density at radius 3 is 2.41 bits per heavy atom. The van der Waals surface area contributed by atoms with E-state index in [0.29, 0.717) is 25.0 Å². The van der Waals surface area contributed by atoms with Gasteiger partial charge in [0.05, 0.1) is 5.69 Å². The number of H-pyrrole nitrogens is 1. The number of nitrogens with one attached hydrogen (secondary N) is 1. The average Bonchev–Trinajstić information content (AvgIpc) is 2.95. The molecule has 0 saturated carbocycles. The molecular weight excluding hydrogens is 425 g/mol. The van der Waals surface area contributed by atoms with Crippen LogP contribution >= 0.6 is 47.4 Å². The van der Waals surface area contributed by atoms with Crippen molar-refractivity contribution in [2.24, 2.45) is 0 Å². The Balaban J connectivity index is 2.03. The summed E-state index contributed by atoms with van der Waals surface area (Å²) >= 11 is 18.2. The standard InChI is InChI=1S/C18H11ClFN3OS3/c1-9-8-12(6-7-13(9)19)22-15-14(27-18(22)26)16(24)23(17(25)21-15)11-4-2-10(20)3-5-11/h2-8H,1H3,(H,21,25). The highest BCUT2D eigenvalue weighted by atomic mass is 35.5. The van der Waals surface area contributed by atoms with E-state index in [4.69, 9.17) is 36.0 Å². The first-order valence-corrected chi connectivity index (χ1v) is 9.81. The smallest absolute Gasteiger partial charge is 0.278 e. The van der Waals surface area contributed by atoms with Crippen molar-refractivity contribution < 1.29 is 4.39 Å². The highest BCUT2D eigenvalue weighted by Gasteiger charge is 2.15. The second-order valence-electron chi connectivity index (χ2n) is 5.86. The van der Waals surface area contributed by atoms with Crippen molar-refractivity contribution in [3.63, 3.8) is 0 Å². The number of benzene rings is 2. The molecule has 0 radical (unpaired) electrons. The minimum atomic E-state index is -0.386. The zero-order valence-corrected chi connectivity index (χ0v) is 17.0. The zero-order valence-electron chi connectivity index (χ0n) is 13.8. The summed E-state index contributed by atoms with van der Waals surface area (Å²) in [7, 11) is 0. The van der Waals surface area contributed by atoms with Gasteiger partial charge in [-0.2, -0.15) is 0 Å². The van der Waals surface area contributed by atoms with E-state index in [1.165, 1.54) is 40.2 Å². The second-order valence-corrected chi connectivity index (χ2v) is 8.30. The minimum absolute atomic E-state index is 0.200. The van der Waals surface area contributed by atoms with Gasteiger partial charge in [0.25, 0.3) is 5.56 Å². The van der Waals surface area contributed by atoms with Crippen LogP contribution in [0.15, 0.2) is 47.3 Å². The number of nitrogens with zero attached hydrogens (tertiary/aromatic N) is 2. The Kier molecular flexibility index (Phi) is 4.59. The number of rotatable bonds is 2. The Labute approximate surface area is 172 Å². The molecule has 27 heavy (non-hydrogen) atoms. The van der Waals surface area contributed by atoms with Crippen molar-refractivity contribution in [2.75, 3.05) is 0 Å². The van der Waals surface area contributed by atoms with Crippen molar-refractivity contribution in [3.05, 3.63) is 77.9 Å². The summed E-state index contributed by atoms with van der Waals surface area (Å²) < 4.78 is 17.5. The van der Waals surface area contributed by atoms with Crippen LogP contribution < -0.4 is 5.56 Å². The van der Waals surface area contributed by atoms with Crippen LogP contribution in [0.2, 0.25) is 5.02 Å². The van der Waals surface area contributed by atoms with E-state index in [1.54, 1.807) is 10.6 Å². The molecule has 0 spiro atoms. The van der Waals surface area contributed by atoms with Crippen LogP contribution in [0.3, 0.4) is 0 Å². The molecule has 136 valence electrons. The van der Waals surface area contributed by atoms with Gasteiger partial charge < -0.3 is 4.98 Å². The maximum atomic E-state index is 13.2. The van der Waals surface area contributed by atoms with E-state index in [0.717, 1.165) is 11.3 Å². The third kappa shape index (κ3) is 3.08. The van der Waals surface area contributed by atoms with Crippen LogP contribution in [0.5, 0.6) is 0 Å². The zero-order chi connectivity index (χ0) is 19.3. The van der Waals surface area contributed by atoms with Gasteiger partial charge in [0.2, 0.25) is 0 Å². The van der Waals surface area contributed by atoms with Crippen molar-refractivity contribution in [3.8, 4) is 11.4 Å². The van der Waals surface area contributed by atoms with Crippen LogP contribution in [0, 0.1) is 21.5 Å². The largest absolute Gasteiger partial charge is 0.316 e. The summed E-state index contributed by atoms with van der Waals surface area (Å²) in [5, 5.41) is 0.649. The van der Waals surface area contributed by atoms with Gasteiger partial charge in [-0.05, 0) is 79.4 Å². The summed E-state index contributed by atoms with van der Waals surface area (Å²) in [6, 6.07) is 11.1. The number of fused-ring (bicyclic) bond motifs is 1. The highest BCUT2D eigenvalue weighted by molar-refractivity contribution is 7.73. The summed E-state index contributed by atoms with van der Waals surface area (Å²) in [5.74, 6) is -0.386. The Bertz CT molecular complexity index is 1370. The SMILES string of the molecule is Cc1cc(-n2c(=S)sc3c(=O)n(-c4ccc(F)cc4)c(=S)[nH]c32)ccc1Cl. The van der Waals surface area contributed by atoms with E-state index in [2.05, 4.69) is 4.98 Å². The third-order valence-electron chi connectivity index (χ3n) is 4.12. The van der Waals surface area contributed by atoms with Crippen molar-refractivity contribution in [1.29, 1.82) is 0 Å². The molecule has 0 fully saturated rings. The molecular formula is C18H11ClFN3OS3. The predicted molar refractivity (Wildman–Crippen MR) is 112 cm³/mol. The molecule has 2 aromatic heterocycles. The van der Waals surface area contributed by atoms with E-state index in [9.17, 15) is 9.18 Å². The fourth-order valence-electron chi connectivity index (χ4n) is 2.81. The lowest BCUT2D eigenvalue weighted by atomic mass is 10.2. The molecule has 2 heterocycles. The van der Waals surface area contributed by atoms with Crippen LogP contribution in [0.1, 0.15) is 5.56 Å². The number of halogens is 2. The van der Waals surface area contributed by atoms with Gasteiger partial charge in [0.1, 0.15) is 16.2 Å². The summed E-state index contributed by atoms with van der Waals surface area (Å²) in [6.07, 6.45) is 0. The van der Waals surface area contributed by atoms with Gasteiger partial charge in [0, 0.05) is 10.7 Å². The van der Waals surface area contributed by atoms with Gasteiger partial charge in [-0.1, -0.05) is 22.9 Å². The fourth-order valence-corrected chi connectivity index (χ4v) is 4.54. The number of aromatic amines is 1. The first-order valence-electron chi connectivity index (χ1n) is 7.80. The van der Waals surface area contributed by atoms with E-state index < -0.39 is 0 Å². The fraction of sp³-hybridized carbons (Fsp3) is 0.0556. The maximum Gasteiger partial charge on any atom is 0.278 e. The van der Waals surface area contributed by atoms with Gasteiger partial charge in [-0.15, -0.1) is 0 Å². The molecule has 0 aliphatic heterocycles. The normalized spacial score (nSPS) is 11.2. The minimum Gasteiger partial charge on any atom is -0.316 e. The van der Waals surface area contributed by atoms with Gasteiger partial charge in [-0.25, -0.2) is 4.39 Å². The topological polar surface area (TPSA) is 42.7 Å². The predicted octanol–water partition coefficient (Wildman–Crippen LogP) is 5.73. The van der Waals surface area contributed by atoms with Crippen LogP contribution in [-0.2, 0) is 0 Å². The molecule has 0 bridgehead atoms. The molecule has 0 saturated heterocycles. The van der Waals surface area contributed by atoms with Crippen LogP contribution in [0.4, 0.5) is 4.39 Å². The lowest BCUT2D eigenvalue weighted by molar-refractivity contribution is 0.627. The van der Waals surface area contributed by atoms with Crippen LogP contribution in [-0.4, -0.2) is 14.1 Å². The van der Waals surface area contributed by atoms with E-state index in [1.807, 2.05) is 19.1 Å². The number of hydrogen-bond donors (Lipinski definition) is 1. The molecule has 2 aromatic carbocycles. The van der Waals surface area contributed by atoms with E-state index >= 15 is 0 Å². The molecule has 0 atom stereocenters. The summed E-state index contributed by atoms with van der Waals surface area (Å²) in [6.45, 7) is 1.90. The molecule has 9 heteroatoms. The molecule has 4 aromatic rings. The van der Waals surface area contributed by atoms with Crippen molar-refractivity contribution in [2.45, 2.75) is 6.92 Å². The van der Waals surface area contributed by atoms with Gasteiger partial charge in [-0.3, -0.25) is 13.9 Å². The lowest BCUT2D eigenvalue weighted by Gasteiger charge is -2.09. The number of thiazole rings is 1. The Morgan fingerprint density at radius 1 is 1.07 bits per heavy atom. The van der Waals surface area contributed by atoms with Gasteiger partial charge in [0.15, 0.2) is 8.73 Å². The lowest BCUT2D eigenvalue weighted by Crippen LogP contribution is -2.20. The van der Waals surface area contributed by atoms with Gasteiger partial charge >= 0.3 is 0 Å². The maximum absolute atomic E-state index is 13.2. The average molecular weight is 436 g/mol. The molecule has 0 aliphatic rings. The molecule has 4 nitrogen and oxygen atoms in total.